The van der Waals surface area contributed by atoms with Gasteiger partial charge in [0.2, 0.25) is 0 Å². The smallest absolute Gasteiger partial charge is 0.252 e. The largest absolute Gasteiger partial charge is 0.380 e. The van der Waals surface area contributed by atoms with Crippen LogP contribution in [0.3, 0.4) is 0 Å². The topological polar surface area (TPSA) is 67.5 Å². The van der Waals surface area contributed by atoms with Crippen molar-refractivity contribution >= 4 is 5.82 Å². The van der Waals surface area contributed by atoms with Crippen LogP contribution in [0.2, 0.25) is 0 Å². The first-order valence-electron chi connectivity index (χ1n) is 7.60. The molecule has 1 aromatic rings. The third-order valence-corrected chi connectivity index (χ3v) is 3.04. The number of hydrogen-bond acceptors (Lipinski definition) is 5. The number of anilines is 1. The van der Waals surface area contributed by atoms with E-state index in [1.807, 2.05) is 32.6 Å². The molecule has 0 radical (unpaired) electrons. The second kappa shape index (κ2) is 9.52. The van der Waals surface area contributed by atoms with Gasteiger partial charge >= 0.3 is 0 Å². The molecule has 120 valence electrons. The average molecular weight is 297 g/mol. The quantitative estimate of drug-likeness (QED) is 0.667. The Labute approximate surface area is 126 Å². The van der Waals surface area contributed by atoms with Crippen molar-refractivity contribution in [2.75, 3.05) is 44.4 Å². The van der Waals surface area contributed by atoms with Crippen molar-refractivity contribution in [3.05, 3.63) is 22.2 Å². The van der Waals surface area contributed by atoms with Crippen molar-refractivity contribution in [1.82, 2.24) is 9.97 Å². The van der Waals surface area contributed by atoms with Crippen molar-refractivity contribution in [2.45, 2.75) is 33.6 Å². The second-order valence-corrected chi connectivity index (χ2v) is 5.02. The molecule has 0 unspecified atom stereocenters. The number of aromatic nitrogens is 2. The molecule has 6 nitrogen and oxygen atoms in total. The number of nitrogens with zero attached hydrogens (tertiary/aromatic N) is 2. The molecule has 0 atom stereocenters. The molecule has 0 aliphatic carbocycles. The molecule has 0 fully saturated rings. The van der Waals surface area contributed by atoms with Gasteiger partial charge in [-0.1, -0.05) is 13.8 Å². The van der Waals surface area contributed by atoms with Crippen LogP contribution in [0.1, 0.15) is 39.4 Å². The lowest BCUT2D eigenvalue weighted by Gasteiger charge is -2.24. The monoisotopic (exact) mass is 297 g/mol. The van der Waals surface area contributed by atoms with Gasteiger partial charge in [-0.3, -0.25) is 4.79 Å². The van der Waals surface area contributed by atoms with Crippen LogP contribution in [0.25, 0.3) is 0 Å². The highest BCUT2D eigenvalue weighted by Crippen LogP contribution is 2.13. The number of H-pyrrole nitrogens is 1. The van der Waals surface area contributed by atoms with Crippen LogP contribution in [-0.2, 0) is 9.47 Å². The van der Waals surface area contributed by atoms with E-state index in [-0.39, 0.29) is 11.5 Å². The van der Waals surface area contributed by atoms with Gasteiger partial charge in [0.15, 0.2) is 0 Å². The Hall–Kier alpha value is -1.40. The molecule has 0 bridgehead atoms. The molecular formula is C15H27N3O3. The third-order valence-electron chi connectivity index (χ3n) is 3.04. The first-order chi connectivity index (χ1) is 10.1. The summed E-state index contributed by atoms with van der Waals surface area (Å²) in [6.45, 7) is 11.9. The molecule has 0 saturated carbocycles. The summed E-state index contributed by atoms with van der Waals surface area (Å²) in [5.74, 6) is 1.57. The third kappa shape index (κ3) is 6.27. The van der Waals surface area contributed by atoms with Gasteiger partial charge in [-0.15, -0.1) is 0 Å². The number of nitrogens with one attached hydrogen (secondary N) is 1. The van der Waals surface area contributed by atoms with Crippen molar-refractivity contribution < 1.29 is 9.47 Å². The van der Waals surface area contributed by atoms with E-state index < -0.39 is 0 Å². The summed E-state index contributed by atoms with van der Waals surface area (Å²) >= 11 is 0. The van der Waals surface area contributed by atoms with E-state index in [0.717, 1.165) is 0 Å². The fourth-order valence-electron chi connectivity index (χ4n) is 1.88. The lowest BCUT2D eigenvalue weighted by atomic mass is 10.2. The second-order valence-electron chi connectivity index (χ2n) is 5.02. The Bertz CT molecular complexity index is 450. The lowest BCUT2D eigenvalue weighted by molar-refractivity contribution is 0.141. The van der Waals surface area contributed by atoms with E-state index >= 15 is 0 Å². The summed E-state index contributed by atoms with van der Waals surface area (Å²) in [6.07, 6.45) is 0. The zero-order valence-electron chi connectivity index (χ0n) is 13.5. The SMILES string of the molecule is CCOCCN(CCOCC)c1cc(=O)[nH]c(C(C)C)n1. The Balaban J connectivity index is 2.86. The summed E-state index contributed by atoms with van der Waals surface area (Å²) in [4.78, 5) is 21.2. The van der Waals surface area contributed by atoms with Crippen LogP contribution in [0, 0.1) is 0 Å². The molecule has 0 saturated heterocycles. The number of aromatic amines is 1. The van der Waals surface area contributed by atoms with Gasteiger partial charge in [-0.25, -0.2) is 4.98 Å². The van der Waals surface area contributed by atoms with Crippen molar-refractivity contribution in [3.8, 4) is 0 Å². The predicted molar refractivity (Wildman–Crippen MR) is 84.1 cm³/mol. The molecular weight excluding hydrogens is 270 g/mol. The summed E-state index contributed by atoms with van der Waals surface area (Å²) in [5.41, 5.74) is -0.124. The molecule has 0 aliphatic rings. The Morgan fingerprint density at radius 2 is 1.76 bits per heavy atom. The normalized spacial score (nSPS) is 11.1. The van der Waals surface area contributed by atoms with E-state index in [1.165, 1.54) is 6.07 Å². The maximum absolute atomic E-state index is 11.8. The summed E-state index contributed by atoms with van der Waals surface area (Å²) in [6, 6.07) is 1.53. The minimum atomic E-state index is -0.124. The van der Waals surface area contributed by atoms with E-state index in [9.17, 15) is 4.79 Å². The molecule has 1 aromatic heterocycles. The van der Waals surface area contributed by atoms with E-state index in [2.05, 4.69) is 9.97 Å². The van der Waals surface area contributed by atoms with Crippen LogP contribution in [0.15, 0.2) is 10.9 Å². The molecule has 0 aromatic carbocycles. The van der Waals surface area contributed by atoms with Gasteiger partial charge in [0.1, 0.15) is 11.6 Å². The highest BCUT2D eigenvalue weighted by molar-refractivity contribution is 5.37. The number of rotatable bonds is 10. The van der Waals surface area contributed by atoms with Gasteiger partial charge in [0.25, 0.3) is 5.56 Å². The minimum Gasteiger partial charge on any atom is -0.380 e. The average Bonchev–Trinajstić information content (AvgIpc) is 2.45. The molecule has 0 spiro atoms. The maximum Gasteiger partial charge on any atom is 0.252 e. The van der Waals surface area contributed by atoms with Crippen LogP contribution >= 0.6 is 0 Å². The van der Waals surface area contributed by atoms with Crippen LogP contribution in [0.4, 0.5) is 5.82 Å². The van der Waals surface area contributed by atoms with Gasteiger partial charge in [-0.05, 0) is 13.8 Å². The maximum atomic E-state index is 11.8. The zero-order chi connectivity index (χ0) is 15.7. The summed E-state index contributed by atoms with van der Waals surface area (Å²) < 4.78 is 10.8. The first-order valence-corrected chi connectivity index (χ1v) is 7.60. The van der Waals surface area contributed by atoms with Gasteiger partial charge in [-0.2, -0.15) is 0 Å². The highest BCUT2D eigenvalue weighted by atomic mass is 16.5. The van der Waals surface area contributed by atoms with Gasteiger partial charge in [0.05, 0.1) is 13.2 Å². The van der Waals surface area contributed by atoms with Crippen LogP contribution < -0.4 is 10.5 Å². The van der Waals surface area contributed by atoms with Crippen molar-refractivity contribution in [2.24, 2.45) is 0 Å². The Kier molecular flexibility index (Phi) is 8.00. The van der Waals surface area contributed by atoms with Crippen LogP contribution in [0.5, 0.6) is 0 Å². The number of hydrogen-bond donors (Lipinski definition) is 1. The first kappa shape index (κ1) is 17.7. The minimum absolute atomic E-state index is 0.124. The van der Waals surface area contributed by atoms with Gasteiger partial charge in [0, 0.05) is 38.3 Å². The molecule has 0 amide bonds. The summed E-state index contributed by atoms with van der Waals surface area (Å²) in [7, 11) is 0. The fourth-order valence-corrected chi connectivity index (χ4v) is 1.88. The van der Waals surface area contributed by atoms with E-state index in [0.29, 0.717) is 51.2 Å². The number of ether oxygens (including phenoxy) is 2. The summed E-state index contributed by atoms with van der Waals surface area (Å²) in [5, 5.41) is 0. The Morgan fingerprint density at radius 1 is 1.19 bits per heavy atom. The van der Waals surface area contributed by atoms with Crippen molar-refractivity contribution in [1.29, 1.82) is 0 Å². The molecule has 0 aliphatic heterocycles. The zero-order valence-corrected chi connectivity index (χ0v) is 13.5. The highest BCUT2D eigenvalue weighted by Gasteiger charge is 2.12. The fraction of sp³-hybridized carbons (Fsp3) is 0.733. The standard InChI is InChI=1S/C15H27N3O3/c1-5-20-9-7-18(8-10-21-6-2)13-11-14(19)17-15(16-13)12(3)4/h11-12H,5-10H2,1-4H3,(H,16,17,19). The molecule has 6 heteroatoms. The molecule has 1 N–H and O–H groups in total. The Morgan fingerprint density at radius 3 is 2.24 bits per heavy atom. The van der Waals surface area contributed by atoms with Crippen LogP contribution in [-0.4, -0.2) is 49.5 Å². The molecule has 21 heavy (non-hydrogen) atoms. The molecule has 1 rings (SSSR count). The molecule has 1 heterocycles. The van der Waals surface area contributed by atoms with E-state index in [1.54, 1.807) is 0 Å². The van der Waals surface area contributed by atoms with Gasteiger partial charge < -0.3 is 19.4 Å². The van der Waals surface area contributed by atoms with E-state index in [4.69, 9.17) is 9.47 Å². The lowest BCUT2D eigenvalue weighted by Crippen LogP contribution is -2.33. The van der Waals surface area contributed by atoms with Crippen molar-refractivity contribution in [3.63, 3.8) is 0 Å². The predicted octanol–water partition coefficient (Wildman–Crippen LogP) is 1.77.